The topological polar surface area (TPSA) is 20.2 Å². The molecule has 0 bridgehead atoms. The largest absolute Gasteiger partial charge is 0.508 e. The zero-order valence-corrected chi connectivity index (χ0v) is 14.7. The molecule has 0 saturated carbocycles. The average molecular weight is 324 g/mol. The lowest BCUT2D eigenvalue weighted by Crippen LogP contribution is -1.91. The standard InChI is InChI=1S/C21H24OS/c1-3-5-6-7-15-8-11-19(16(4-2)12-15)21-13-17-9-10-18(22)14-20(17)23-21/h8-14,22H,3-7H2,1-2H3. The van der Waals surface area contributed by atoms with E-state index >= 15 is 0 Å². The number of benzene rings is 2. The van der Waals surface area contributed by atoms with Gasteiger partial charge in [0, 0.05) is 9.58 Å². The first kappa shape index (κ1) is 16.1. The van der Waals surface area contributed by atoms with Crippen LogP contribution in [-0.4, -0.2) is 5.11 Å². The molecule has 1 aromatic heterocycles. The molecule has 0 unspecified atom stereocenters. The lowest BCUT2D eigenvalue weighted by Gasteiger charge is -2.09. The number of thiophene rings is 1. The Hall–Kier alpha value is -1.80. The highest BCUT2D eigenvalue weighted by Gasteiger charge is 2.09. The molecule has 3 aromatic rings. The maximum absolute atomic E-state index is 9.66. The number of aryl methyl sites for hydroxylation is 2. The molecule has 1 heterocycles. The van der Waals surface area contributed by atoms with Gasteiger partial charge in [-0.25, -0.2) is 0 Å². The highest BCUT2D eigenvalue weighted by Crippen LogP contribution is 2.37. The lowest BCUT2D eigenvalue weighted by molar-refractivity contribution is 0.476. The Morgan fingerprint density at radius 2 is 1.83 bits per heavy atom. The molecule has 0 saturated heterocycles. The van der Waals surface area contributed by atoms with Gasteiger partial charge in [0.05, 0.1) is 0 Å². The number of fused-ring (bicyclic) bond motifs is 1. The van der Waals surface area contributed by atoms with Gasteiger partial charge in [0.2, 0.25) is 0 Å². The Bertz CT molecular complexity index is 801. The number of hydrogen-bond donors (Lipinski definition) is 1. The van der Waals surface area contributed by atoms with E-state index in [4.69, 9.17) is 0 Å². The Morgan fingerprint density at radius 3 is 2.61 bits per heavy atom. The third-order valence-electron chi connectivity index (χ3n) is 4.39. The van der Waals surface area contributed by atoms with Crippen molar-refractivity contribution in [3.8, 4) is 16.2 Å². The Kier molecular flexibility index (Phi) is 5.02. The van der Waals surface area contributed by atoms with Crippen LogP contribution in [0.15, 0.2) is 42.5 Å². The van der Waals surface area contributed by atoms with Gasteiger partial charge >= 0.3 is 0 Å². The smallest absolute Gasteiger partial charge is 0.117 e. The summed E-state index contributed by atoms with van der Waals surface area (Å²) in [7, 11) is 0. The SMILES string of the molecule is CCCCCc1ccc(-c2cc3ccc(O)cc3s2)c(CC)c1. The van der Waals surface area contributed by atoms with Crippen LogP contribution >= 0.6 is 11.3 Å². The predicted octanol–water partition coefficient (Wildman–Crippen LogP) is 6.57. The summed E-state index contributed by atoms with van der Waals surface area (Å²) in [6, 6.07) is 14.8. The summed E-state index contributed by atoms with van der Waals surface area (Å²) >= 11 is 1.76. The van der Waals surface area contributed by atoms with E-state index in [0.29, 0.717) is 5.75 Å². The first-order valence-electron chi connectivity index (χ1n) is 8.56. The predicted molar refractivity (Wildman–Crippen MR) is 102 cm³/mol. The normalized spacial score (nSPS) is 11.2. The quantitative estimate of drug-likeness (QED) is 0.508. The molecule has 0 fully saturated rings. The fourth-order valence-electron chi connectivity index (χ4n) is 3.07. The van der Waals surface area contributed by atoms with Crippen LogP contribution in [0.5, 0.6) is 5.75 Å². The Morgan fingerprint density at radius 1 is 0.957 bits per heavy atom. The highest BCUT2D eigenvalue weighted by atomic mass is 32.1. The summed E-state index contributed by atoms with van der Waals surface area (Å²) in [6.45, 7) is 4.48. The number of phenols is 1. The van der Waals surface area contributed by atoms with E-state index in [9.17, 15) is 5.11 Å². The maximum atomic E-state index is 9.66. The van der Waals surface area contributed by atoms with Crippen molar-refractivity contribution in [2.45, 2.75) is 46.0 Å². The van der Waals surface area contributed by atoms with Crippen LogP contribution in [0.25, 0.3) is 20.5 Å². The van der Waals surface area contributed by atoms with Crippen LogP contribution in [0.2, 0.25) is 0 Å². The van der Waals surface area contributed by atoms with Gasteiger partial charge in [-0.15, -0.1) is 11.3 Å². The van der Waals surface area contributed by atoms with Gasteiger partial charge in [0.1, 0.15) is 5.75 Å². The molecule has 0 aliphatic carbocycles. The van der Waals surface area contributed by atoms with E-state index in [2.05, 4.69) is 38.1 Å². The molecule has 0 aliphatic rings. The fourth-order valence-corrected chi connectivity index (χ4v) is 4.22. The average Bonchev–Trinajstić information content (AvgIpc) is 2.97. The summed E-state index contributed by atoms with van der Waals surface area (Å²) in [5.74, 6) is 0.341. The lowest BCUT2D eigenvalue weighted by atomic mass is 9.98. The molecule has 3 rings (SSSR count). The van der Waals surface area contributed by atoms with Crippen LogP contribution in [0.4, 0.5) is 0 Å². The minimum Gasteiger partial charge on any atom is -0.508 e. The fraction of sp³-hybridized carbons (Fsp3) is 0.333. The molecule has 0 spiro atoms. The van der Waals surface area contributed by atoms with Crippen molar-refractivity contribution in [2.75, 3.05) is 0 Å². The molecule has 0 atom stereocenters. The van der Waals surface area contributed by atoms with Crippen molar-refractivity contribution >= 4 is 21.4 Å². The zero-order valence-electron chi connectivity index (χ0n) is 13.9. The number of aromatic hydroxyl groups is 1. The van der Waals surface area contributed by atoms with Crippen molar-refractivity contribution in [2.24, 2.45) is 0 Å². The van der Waals surface area contributed by atoms with E-state index in [1.54, 1.807) is 17.4 Å². The van der Waals surface area contributed by atoms with Gasteiger partial charge in [0.25, 0.3) is 0 Å². The number of rotatable bonds is 6. The van der Waals surface area contributed by atoms with Crippen LogP contribution in [0, 0.1) is 0 Å². The Balaban J connectivity index is 1.93. The minimum atomic E-state index is 0.341. The first-order valence-corrected chi connectivity index (χ1v) is 9.37. The molecule has 0 amide bonds. The second-order valence-corrected chi connectivity index (χ2v) is 7.22. The van der Waals surface area contributed by atoms with Crippen LogP contribution < -0.4 is 0 Å². The van der Waals surface area contributed by atoms with Crippen molar-refractivity contribution in [1.82, 2.24) is 0 Å². The van der Waals surface area contributed by atoms with Crippen molar-refractivity contribution in [3.63, 3.8) is 0 Å². The van der Waals surface area contributed by atoms with Gasteiger partial charge in [0.15, 0.2) is 0 Å². The van der Waals surface area contributed by atoms with Gasteiger partial charge in [-0.1, -0.05) is 44.9 Å². The van der Waals surface area contributed by atoms with Gasteiger partial charge in [-0.05, 0) is 65.6 Å². The van der Waals surface area contributed by atoms with Crippen molar-refractivity contribution in [3.05, 3.63) is 53.6 Å². The van der Waals surface area contributed by atoms with E-state index in [0.717, 1.165) is 11.1 Å². The molecule has 2 heteroatoms. The highest BCUT2D eigenvalue weighted by molar-refractivity contribution is 7.22. The summed E-state index contributed by atoms with van der Waals surface area (Å²) in [5, 5.41) is 10.9. The van der Waals surface area contributed by atoms with Gasteiger partial charge in [-0.2, -0.15) is 0 Å². The Labute approximate surface area is 142 Å². The maximum Gasteiger partial charge on any atom is 0.117 e. The van der Waals surface area contributed by atoms with Crippen molar-refractivity contribution in [1.29, 1.82) is 0 Å². The van der Waals surface area contributed by atoms with E-state index in [1.165, 1.54) is 52.6 Å². The summed E-state index contributed by atoms with van der Waals surface area (Å²) in [6.07, 6.45) is 6.09. The molecule has 120 valence electrons. The molecular weight excluding hydrogens is 300 g/mol. The number of phenolic OH excluding ortho intramolecular Hbond substituents is 1. The van der Waals surface area contributed by atoms with Crippen LogP contribution in [0.3, 0.4) is 0 Å². The molecule has 1 N–H and O–H groups in total. The molecule has 23 heavy (non-hydrogen) atoms. The van der Waals surface area contributed by atoms with E-state index < -0.39 is 0 Å². The number of hydrogen-bond acceptors (Lipinski definition) is 2. The third kappa shape index (κ3) is 3.59. The first-order chi connectivity index (χ1) is 11.2. The minimum absolute atomic E-state index is 0.341. The summed E-state index contributed by atoms with van der Waals surface area (Å²) < 4.78 is 1.15. The molecular formula is C21H24OS. The van der Waals surface area contributed by atoms with Crippen LogP contribution in [0.1, 0.15) is 44.2 Å². The second-order valence-electron chi connectivity index (χ2n) is 6.13. The van der Waals surface area contributed by atoms with Crippen molar-refractivity contribution < 1.29 is 5.11 Å². The monoisotopic (exact) mass is 324 g/mol. The number of unbranched alkanes of at least 4 members (excludes halogenated alkanes) is 2. The molecule has 2 aromatic carbocycles. The van der Waals surface area contributed by atoms with Gasteiger partial charge in [-0.3, -0.25) is 0 Å². The zero-order chi connectivity index (χ0) is 16.2. The van der Waals surface area contributed by atoms with Crippen LogP contribution in [-0.2, 0) is 12.8 Å². The van der Waals surface area contributed by atoms with E-state index in [1.807, 2.05) is 12.1 Å². The van der Waals surface area contributed by atoms with Gasteiger partial charge < -0.3 is 5.11 Å². The van der Waals surface area contributed by atoms with E-state index in [-0.39, 0.29) is 0 Å². The molecule has 1 nitrogen and oxygen atoms in total. The second kappa shape index (κ2) is 7.18. The summed E-state index contributed by atoms with van der Waals surface area (Å²) in [5.41, 5.74) is 4.22. The molecule has 0 aliphatic heterocycles. The molecule has 0 radical (unpaired) electrons. The summed E-state index contributed by atoms with van der Waals surface area (Å²) in [4.78, 5) is 1.29. The third-order valence-corrected chi connectivity index (χ3v) is 5.52.